The first kappa shape index (κ1) is 16.7. The van der Waals surface area contributed by atoms with Gasteiger partial charge in [0.05, 0.1) is 12.0 Å². The van der Waals surface area contributed by atoms with E-state index in [9.17, 15) is 4.79 Å². The molecule has 0 saturated heterocycles. The van der Waals surface area contributed by atoms with Gasteiger partial charge < -0.3 is 15.2 Å². The predicted octanol–water partition coefficient (Wildman–Crippen LogP) is 2.97. The van der Waals surface area contributed by atoms with Crippen LogP contribution in [0.1, 0.15) is 49.5 Å². The average Bonchev–Trinajstić information content (AvgIpc) is 3.01. The number of aromatic nitrogens is 2. The van der Waals surface area contributed by atoms with E-state index in [-0.39, 0.29) is 6.10 Å². The van der Waals surface area contributed by atoms with Gasteiger partial charge in [0.25, 0.3) is 0 Å². The summed E-state index contributed by atoms with van der Waals surface area (Å²) in [5, 5.41) is 0.940. The molecule has 2 N–H and O–H groups in total. The fourth-order valence-corrected chi connectivity index (χ4v) is 4.93. The van der Waals surface area contributed by atoms with Gasteiger partial charge in [-0.2, -0.15) is 0 Å². The number of rotatable bonds is 4. The Kier molecular flexibility index (Phi) is 4.60. The third-order valence-electron chi connectivity index (χ3n) is 5.41. The zero-order valence-electron chi connectivity index (χ0n) is 14.4. The predicted molar refractivity (Wildman–Crippen MR) is 95.6 cm³/mol. The Morgan fingerprint density at radius 2 is 2.16 bits per heavy atom. The SMILES string of the molecule is CCC1CCC(Oc2ncnc3sc4c(c23)C[C@H](C(N)=O)OC4)CC1. The Bertz CT molecular complexity index is 783. The van der Waals surface area contributed by atoms with E-state index in [2.05, 4.69) is 16.9 Å². The number of nitrogens with zero attached hydrogens (tertiary/aromatic N) is 2. The van der Waals surface area contributed by atoms with Crippen LogP contribution >= 0.6 is 11.3 Å². The van der Waals surface area contributed by atoms with E-state index in [1.807, 2.05) is 0 Å². The molecule has 3 heterocycles. The molecule has 2 aromatic rings. The van der Waals surface area contributed by atoms with Crippen LogP contribution in [-0.4, -0.2) is 28.1 Å². The van der Waals surface area contributed by atoms with E-state index in [0.29, 0.717) is 18.9 Å². The highest BCUT2D eigenvalue weighted by atomic mass is 32.1. The Morgan fingerprint density at radius 3 is 2.88 bits per heavy atom. The van der Waals surface area contributed by atoms with E-state index in [1.165, 1.54) is 19.3 Å². The molecule has 1 atom stereocenters. The lowest BCUT2D eigenvalue weighted by molar-refractivity contribution is -0.130. The summed E-state index contributed by atoms with van der Waals surface area (Å²) >= 11 is 1.59. The van der Waals surface area contributed by atoms with Crippen LogP contribution in [-0.2, 0) is 22.6 Å². The number of fused-ring (bicyclic) bond motifs is 3. The molecule has 0 unspecified atom stereocenters. The number of hydrogen-bond donors (Lipinski definition) is 1. The zero-order chi connectivity index (χ0) is 17.4. The lowest BCUT2D eigenvalue weighted by Gasteiger charge is -2.28. The molecule has 0 spiro atoms. The molecular formula is C18H23N3O3S. The summed E-state index contributed by atoms with van der Waals surface area (Å²) < 4.78 is 11.8. The van der Waals surface area contributed by atoms with Crippen LogP contribution in [0.3, 0.4) is 0 Å². The quantitative estimate of drug-likeness (QED) is 0.904. The Labute approximate surface area is 150 Å². The maximum Gasteiger partial charge on any atom is 0.246 e. The van der Waals surface area contributed by atoms with Crippen molar-refractivity contribution in [1.82, 2.24) is 9.97 Å². The van der Waals surface area contributed by atoms with E-state index in [0.717, 1.165) is 39.4 Å². The van der Waals surface area contributed by atoms with Crippen LogP contribution in [0.2, 0.25) is 0 Å². The van der Waals surface area contributed by atoms with Gasteiger partial charge in [-0.3, -0.25) is 4.79 Å². The molecule has 0 radical (unpaired) electrons. The second kappa shape index (κ2) is 6.88. The fourth-order valence-electron chi connectivity index (χ4n) is 3.85. The van der Waals surface area contributed by atoms with Crippen LogP contribution in [0, 0.1) is 5.92 Å². The summed E-state index contributed by atoms with van der Waals surface area (Å²) in [5.74, 6) is 1.04. The van der Waals surface area contributed by atoms with Gasteiger partial charge in [0.1, 0.15) is 23.4 Å². The summed E-state index contributed by atoms with van der Waals surface area (Å²) in [4.78, 5) is 22.3. The number of carbonyl (C=O) groups is 1. The molecule has 1 fully saturated rings. The third kappa shape index (κ3) is 3.22. The maximum atomic E-state index is 11.5. The molecule has 1 saturated carbocycles. The molecule has 134 valence electrons. The van der Waals surface area contributed by atoms with Gasteiger partial charge in [-0.25, -0.2) is 9.97 Å². The molecule has 0 bridgehead atoms. The minimum Gasteiger partial charge on any atom is -0.474 e. The summed E-state index contributed by atoms with van der Waals surface area (Å²) in [6, 6.07) is 0. The van der Waals surface area contributed by atoms with Crippen LogP contribution in [0.5, 0.6) is 5.88 Å². The number of carbonyl (C=O) groups excluding carboxylic acids is 1. The van der Waals surface area contributed by atoms with Gasteiger partial charge >= 0.3 is 0 Å². The van der Waals surface area contributed by atoms with Crippen molar-refractivity contribution in [2.45, 2.75) is 64.3 Å². The van der Waals surface area contributed by atoms with Crippen molar-refractivity contribution in [3.8, 4) is 5.88 Å². The standard InChI is InChI=1S/C18H23N3O3S/c1-2-10-3-5-11(6-4-10)24-17-15-12-7-13(16(19)22)23-8-14(12)25-18(15)21-9-20-17/h9-11,13H,2-8H2,1H3,(H2,19,22)/t10?,11?,13-/m1/s1. The minimum atomic E-state index is -0.585. The summed E-state index contributed by atoms with van der Waals surface area (Å²) in [6.07, 6.45) is 7.48. The number of ether oxygens (including phenoxy) is 2. The molecule has 6 nitrogen and oxygen atoms in total. The number of amides is 1. The second-order valence-corrected chi connectivity index (χ2v) is 8.02. The topological polar surface area (TPSA) is 87.3 Å². The van der Waals surface area contributed by atoms with Crippen LogP contribution < -0.4 is 10.5 Å². The highest BCUT2D eigenvalue weighted by Gasteiger charge is 2.30. The van der Waals surface area contributed by atoms with Crippen LogP contribution in [0.15, 0.2) is 6.33 Å². The van der Waals surface area contributed by atoms with Crippen molar-refractivity contribution in [3.63, 3.8) is 0 Å². The Morgan fingerprint density at radius 1 is 1.36 bits per heavy atom. The monoisotopic (exact) mass is 361 g/mol. The average molecular weight is 361 g/mol. The lowest BCUT2D eigenvalue weighted by Crippen LogP contribution is -2.35. The molecule has 1 aliphatic heterocycles. The number of nitrogens with two attached hydrogens (primary N) is 1. The first-order valence-corrected chi connectivity index (χ1v) is 9.80. The Balaban J connectivity index is 1.62. The van der Waals surface area contributed by atoms with E-state index in [4.69, 9.17) is 15.2 Å². The summed E-state index contributed by atoms with van der Waals surface area (Å²) in [7, 11) is 0. The van der Waals surface area contributed by atoms with Gasteiger partial charge in [-0.05, 0) is 37.2 Å². The highest BCUT2D eigenvalue weighted by Crippen LogP contribution is 2.40. The van der Waals surface area contributed by atoms with Gasteiger partial charge in [0.2, 0.25) is 11.8 Å². The smallest absolute Gasteiger partial charge is 0.246 e. The first-order valence-electron chi connectivity index (χ1n) is 8.98. The van der Waals surface area contributed by atoms with Crippen LogP contribution in [0.4, 0.5) is 0 Å². The number of primary amides is 1. The van der Waals surface area contributed by atoms with Crippen molar-refractivity contribution in [2.24, 2.45) is 11.7 Å². The molecule has 25 heavy (non-hydrogen) atoms. The molecule has 1 amide bonds. The van der Waals surface area contributed by atoms with Crippen molar-refractivity contribution >= 4 is 27.5 Å². The largest absolute Gasteiger partial charge is 0.474 e. The molecule has 7 heteroatoms. The summed E-state index contributed by atoms with van der Waals surface area (Å²) in [5.41, 5.74) is 6.49. The van der Waals surface area contributed by atoms with Crippen molar-refractivity contribution in [2.75, 3.05) is 0 Å². The molecular weight excluding hydrogens is 338 g/mol. The Hall–Kier alpha value is -1.73. The lowest BCUT2D eigenvalue weighted by atomic mass is 9.86. The van der Waals surface area contributed by atoms with E-state index in [1.54, 1.807) is 17.7 Å². The number of hydrogen-bond acceptors (Lipinski definition) is 6. The van der Waals surface area contributed by atoms with E-state index >= 15 is 0 Å². The van der Waals surface area contributed by atoms with Crippen LogP contribution in [0.25, 0.3) is 10.2 Å². The van der Waals surface area contributed by atoms with Crippen molar-refractivity contribution in [1.29, 1.82) is 0 Å². The zero-order valence-corrected chi connectivity index (χ0v) is 15.2. The maximum absolute atomic E-state index is 11.5. The minimum absolute atomic E-state index is 0.211. The van der Waals surface area contributed by atoms with Crippen molar-refractivity contribution < 1.29 is 14.3 Å². The first-order chi connectivity index (χ1) is 12.2. The van der Waals surface area contributed by atoms with Crippen molar-refractivity contribution in [3.05, 3.63) is 16.8 Å². The number of thiophene rings is 1. The second-order valence-electron chi connectivity index (χ2n) is 6.94. The molecule has 1 aliphatic carbocycles. The molecule has 0 aromatic carbocycles. The van der Waals surface area contributed by atoms with Gasteiger partial charge in [-0.1, -0.05) is 13.3 Å². The van der Waals surface area contributed by atoms with Gasteiger partial charge in [0.15, 0.2) is 0 Å². The third-order valence-corrected chi connectivity index (χ3v) is 6.52. The normalized spacial score (nSPS) is 26.4. The molecule has 2 aliphatic rings. The van der Waals surface area contributed by atoms with Gasteiger partial charge in [-0.15, -0.1) is 11.3 Å². The summed E-state index contributed by atoms with van der Waals surface area (Å²) in [6.45, 7) is 2.65. The highest BCUT2D eigenvalue weighted by molar-refractivity contribution is 7.18. The molecule has 2 aromatic heterocycles. The van der Waals surface area contributed by atoms with Gasteiger partial charge in [0, 0.05) is 11.3 Å². The van der Waals surface area contributed by atoms with E-state index < -0.39 is 12.0 Å². The fraction of sp³-hybridized carbons (Fsp3) is 0.611. The molecule has 4 rings (SSSR count).